The van der Waals surface area contributed by atoms with Gasteiger partial charge in [0.25, 0.3) is 0 Å². The van der Waals surface area contributed by atoms with Crippen LogP contribution in [0.2, 0.25) is 0 Å². The summed E-state index contributed by atoms with van der Waals surface area (Å²) in [5.74, 6) is 1.82. The molecule has 2 aliphatic rings. The van der Waals surface area contributed by atoms with E-state index in [0.717, 1.165) is 53.3 Å². The predicted molar refractivity (Wildman–Crippen MR) is 178 cm³/mol. The van der Waals surface area contributed by atoms with Gasteiger partial charge >= 0.3 is 0 Å². The van der Waals surface area contributed by atoms with Crippen molar-refractivity contribution in [2.75, 3.05) is 14.2 Å². The highest BCUT2D eigenvalue weighted by Gasteiger charge is 2.30. The fourth-order valence-electron chi connectivity index (χ4n) is 6.26. The Morgan fingerprint density at radius 3 is 2.09 bits per heavy atom. The van der Waals surface area contributed by atoms with Crippen LogP contribution in [0.15, 0.2) is 91.0 Å². The van der Waals surface area contributed by atoms with Crippen LogP contribution in [0, 0.1) is 12.8 Å². The van der Waals surface area contributed by atoms with Crippen LogP contribution >= 0.6 is 0 Å². The van der Waals surface area contributed by atoms with E-state index in [2.05, 4.69) is 48.0 Å². The van der Waals surface area contributed by atoms with Crippen molar-refractivity contribution >= 4 is 11.6 Å². The minimum absolute atomic E-state index is 0.0431. The van der Waals surface area contributed by atoms with Crippen molar-refractivity contribution in [2.45, 2.75) is 46.1 Å². The second-order valence-electron chi connectivity index (χ2n) is 11.7. The van der Waals surface area contributed by atoms with Gasteiger partial charge in [0.05, 0.1) is 37.2 Å². The number of fused-ring (bicyclic) bond motifs is 4. The molecule has 7 nitrogen and oxygen atoms in total. The Kier molecular flexibility index (Phi) is 9.01. The van der Waals surface area contributed by atoms with Crippen molar-refractivity contribution in [1.82, 2.24) is 9.78 Å². The average molecular weight is 615 g/mol. The van der Waals surface area contributed by atoms with Gasteiger partial charge in [-0.05, 0) is 105 Å². The first-order valence-corrected chi connectivity index (χ1v) is 15.6. The third kappa shape index (κ3) is 6.31. The summed E-state index contributed by atoms with van der Waals surface area (Å²) < 4.78 is 18.6. The third-order valence-corrected chi connectivity index (χ3v) is 8.82. The van der Waals surface area contributed by atoms with Crippen LogP contribution in [0.25, 0.3) is 16.9 Å². The number of aromatic nitrogens is 2. The summed E-state index contributed by atoms with van der Waals surface area (Å²) in [6.07, 6.45) is 3.46. The second-order valence-corrected chi connectivity index (χ2v) is 11.7. The first-order valence-electron chi connectivity index (χ1n) is 15.6. The summed E-state index contributed by atoms with van der Waals surface area (Å²) >= 11 is 0. The molecule has 1 unspecified atom stereocenters. The first-order chi connectivity index (χ1) is 22.4. The van der Waals surface area contributed by atoms with Crippen molar-refractivity contribution in [3.8, 4) is 34.2 Å². The Hall–Kier alpha value is -5.17. The molecule has 0 radical (unpaired) electrons. The molecule has 7 heteroatoms. The summed E-state index contributed by atoms with van der Waals surface area (Å²) in [5.41, 5.74) is 9.97. The van der Waals surface area contributed by atoms with Crippen LogP contribution in [0.1, 0.15) is 51.7 Å². The second kappa shape index (κ2) is 13.4. The summed E-state index contributed by atoms with van der Waals surface area (Å²) in [5, 5.41) is 4.88. The number of rotatable bonds is 7. The number of ketones is 2. The maximum Gasteiger partial charge on any atom is 0.173 e. The maximum atomic E-state index is 12.0. The number of methoxy groups -OCH3 is 2. The molecule has 4 aromatic carbocycles. The Labute approximate surface area is 269 Å². The first kappa shape index (κ1) is 30.8. The van der Waals surface area contributed by atoms with Gasteiger partial charge in [-0.15, -0.1) is 0 Å². The highest BCUT2D eigenvalue weighted by Crippen LogP contribution is 2.38. The monoisotopic (exact) mass is 614 g/mol. The summed E-state index contributed by atoms with van der Waals surface area (Å²) in [6.45, 7) is 4.13. The van der Waals surface area contributed by atoms with Gasteiger partial charge in [0, 0.05) is 16.7 Å². The van der Waals surface area contributed by atoms with Gasteiger partial charge in [0.2, 0.25) is 0 Å². The number of nitrogens with zero attached hydrogens (tertiary/aromatic N) is 2. The quantitative estimate of drug-likeness (QED) is 0.176. The number of hydrogen-bond donors (Lipinski definition) is 0. The predicted octanol–water partition coefficient (Wildman–Crippen LogP) is 7.56. The zero-order valence-electron chi connectivity index (χ0n) is 26.7. The van der Waals surface area contributed by atoms with Gasteiger partial charge in [0.1, 0.15) is 29.6 Å². The fourth-order valence-corrected chi connectivity index (χ4v) is 6.26. The molecule has 7 rings (SSSR count). The molecular formula is C39H38N2O5. The highest BCUT2D eigenvalue weighted by atomic mass is 16.5. The lowest BCUT2D eigenvalue weighted by Gasteiger charge is -2.21. The van der Waals surface area contributed by atoms with Crippen molar-refractivity contribution in [3.63, 3.8) is 0 Å². The Balaban J connectivity index is 0.000000196. The lowest BCUT2D eigenvalue weighted by atomic mass is 9.81. The van der Waals surface area contributed by atoms with Gasteiger partial charge in [-0.2, -0.15) is 5.10 Å². The van der Waals surface area contributed by atoms with Gasteiger partial charge in [-0.1, -0.05) is 42.5 Å². The van der Waals surface area contributed by atoms with Gasteiger partial charge in [-0.3, -0.25) is 9.59 Å². The van der Waals surface area contributed by atoms with E-state index in [1.165, 1.54) is 29.3 Å². The maximum absolute atomic E-state index is 12.0. The number of carbonyl (C=O) groups is 2. The van der Waals surface area contributed by atoms with Crippen molar-refractivity contribution < 1.29 is 23.8 Å². The van der Waals surface area contributed by atoms with Crippen molar-refractivity contribution in [1.29, 1.82) is 0 Å². The lowest BCUT2D eigenvalue weighted by molar-refractivity contribution is -0.119. The molecule has 0 aliphatic heterocycles. The van der Waals surface area contributed by atoms with E-state index in [4.69, 9.17) is 19.3 Å². The standard InChI is InChI=1S/C26H24N2O2.C13H14O3/c1-18-24-15-9-20-8-12-23(29-2)16-25(20)26(24)28(27-18)21-10-13-22(14-11-21)30-17-19-6-4-3-5-7-19;1-8(14)11-6-4-9-3-5-10(16-2)7-12(9)13(11)15/h3-8,10-14,16H,9,15,17H2,1-2H3;3,5,7,11H,4,6H2,1-2H3. The summed E-state index contributed by atoms with van der Waals surface area (Å²) in [4.78, 5) is 23.4. The summed E-state index contributed by atoms with van der Waals surface area (Å²) in [7, 11) is 3.28. The Bertz CT molecular complexity index is 1880. The number of benzene rings is 4. The highest BCUT2D eigenvalue weighted by molar-refractivity contribution is 6.11. The molecule has 0 spiro atoms. The van der Waals surface area contributed by atoms with Crippen LogP contribution < -0.4 is 14.2 Å². The number of carbonyl (C=O) groups excluding carboxylic acids is 2. The largest absolute Gasteiger partial charge is 0.497 e. The van der Waals surface area contributed by atoms with E-state index >= 15 is 0 Å². The SMILES string of the molecule is COc1ccc2c(c1)-c1c(c(C)nn1-c1ccc(OCc3ccccc3)cc1)CC2.COc1ccc2c(c1)C(=O)C(C(C)=O)CC2. The van der Waals surface area contributed by atoms with Gasteiger partial charge < -0.3 is 14.2 Å². The van der Waals surface area contributed by atoms with E-state index in [9.17, 15) is 9.59 Å². The molecule has 1 heterocycles. The van der Waals surface area contributed by atoms with E-state index in [-0.39, 0.29) is 11.6 Å². The van der Waals surface area contributed by atoms with Crippen LogP contribution in [-0.2, 0) is 30.7 Å². The van der Waals surface area contributed by atoms with E-state index in [0.29, 0.717) is 24.3 Å². The zero-order chi connectivity index (χ0) is 32.2. The lowest BCUT2D eigenvalue weighted by Crippen LogP contribution is -2.27. The zero-order valence-corrected chi connectivity index (χ0v) is 26.7. The average Bonchev–Trinajstić information content (AvgIpc) is 3.44. The van der Waals surface area contributed by atoms with Gasteiger partial charge in [-0.25, -0.2) is 4.68 Å². The molecule has 1 aromatic heterocycles. The molecule has 0 amide bonds. The van der Waals surface area contributed by atoms with Gasteiger partial charge in [0.15, 0.2) is 5.78 Å². The normalized spacial score (nSPS) is 14.6. The van der Waals surface area contributed by atoms with Crippen LogP contribution in [0.3, 0.4) is 0 Å². The molecule has 0 saturated heterocycles. The van der Waals surface area contributed by atoms with Crippen LogP contribution in [0.4, 0.5) is 0 Å². The van der Waals surface area contributed by atoms with Crippen molar-refractivity contribution in [3.05, 3.63) is 125 Å². The minimum atomic E-state index is -0.459. The minimum Gasteiger partial charge on any atom is -0.497 e. The van der Waals surface area contributed by atoms with E-state index in [1.807, 2.05) is 48.5 Å². The molecule has 46 heavy (non-hydrogen) atoms. The van der Waals surface area contributed by atoms with Crippen LogP contribution in [0.5, 0.6) is 17.2 Å². The molecule has 5 aromatic rings. The fraction of sp³-hybridized carbons (Fsp3) is 0.256. The molecular weight excluding hydrogens is 576 g/mol. The number of aryl methyl sites for hydroxylation is 3. The third-order valence-electron chi connectivity index (χ3n) is 8.82. The van der Waals surface area contributed by atoms with E-state index in [1.54, 1.807) is 20.3 Å². The van der Waals surface area contributed by atoms with Crippen molar-refractivity contribution in [2.24, 2.45) is 5.92 Å². The molecule has 0 bridgehead atoms. The van der Waals surface area contributed by atoms with Crippen LogP contribution in [-0.4, -0.2) is 35.6 Å². The molecule has 2 aliphatic carbocycles. The molecule has 0 N–H and O–H groups in total. The molecule has 0 saturated carbocycles. The molecule has 234 valence electrons. The number of ether oxygens (including phenoxy) is 3. The summed E-state index contributed by atoms with van der Waals surface area (Å²) in [6, 6.07) is 30.2. The number of hydrogen-bond acceptors (Lipinski definition) is 6. The topological polar surface area (TPSA) is 79.7 Å². The molecule has 1 atom stereocenters. The Morgan fingerprint density at radius 2 is 1.43 bits per heavy atom. The smallest absolute Gasteiger partial charge is 0.173 e. The Morgan fingerprint density at radius 1 is 0.804 bits per heavy atom. The molecule has 0 fully saturated rings. The number of Topliss-reactive ketones (excluding diaryl/α,β-unsaturated/α-hetero) is 2. The van der Waals surface area contributed by atoms with E-state index < -0.39 is 5.92 Å².